The summed E-state index contributed by atoms with van der Waals surface area (Å²) < 4.78 is 0. The molecule has 27 heavy (non-hydrogen) atoms. The monoisotopic (exact) mass is 364 g/mol. The Labute approximate surface area is 161 Å². The van der Waals surface area contributed by atoms with E-state index in [0.717, 1.165) is 33.6 Å². The summed E-state index contributed by atoms with van der Waals surface area (Å²) in [5, 5.41) is 3.01. The molecule has 2 aromatic rings. The van der Waals surface area contributed by atoms with Gasteiger partial charge in [0.15, 0.2) is 0 Å². The summed E-state index contributed by atoms with van der Waals surface area (Å²) in [4.78, 5) is 27.3. The number of benzene rings is 2. The number of carbonyl (C=O) groups excluding carboxylic acids is 2. The maximum atomic E-state index is 12.8. The minimum absolute atomic E-state index is 0.0204. The molecule has 2 aromatic carbocycles. The lowest BCUT2D eigenvalue weighted by Gasteiger charge is -2.24. The van der Waals surface area contributed by atoms with E-state index in [2.05, 4.69) is 25.2 Å². The summed E-state index contributed by atoms with van der Waals surface area (Å²) in [6.45, 7) is 10.7. The van der Waals surface area contributed by atoms with Crippen LogP contribution in [0, 0.1) is 26.7 Å². The highest BCUT2D eigenvalue weighted by Crippen LogP contribution is 2.35. The average molecular weight is 364 g/mol. The number of amides is 2. The Bertz CT molecular complexity index is 886. The Kier molecular flexibility index (Phi) is 5.36. The zero-order valence-corrected chi connectivity index (χ0v) is 16.8. The van der Waals surface area contributed by atoms with Crippen molar-refractivity contribution in [3.05, 3.63) is 58.7 Å². The normalized spacial score (nSPS) is 16.9. The number of aryl methyl sites for hydroxylation is 3. The van der Waals surface area contributed by atoms with Crippen LogP contribution in [-0.2, 0) is 9.59 Å². The molecule has 142 valence electrons. The van der Waals surface area contributed by atoms with Crippen LogP contribution in [0.3, 0.4) is 0 Å². The Morgan fingerprint density at radius 3 is 2.52 bits per heavy atom. The van der Waals surface area contributed by atoms with Crippen LogP contribution >= 0.6 is 0 Å². The first-order valence-electron chi connectivity index (χ1n) is 9.56. The number of rotatable bonds is 4. The maximum absolute atomic E-state index is 12.8. The summed E-state index contributed by atoms with van der Waals surface area (Å²) in [5.41, 5.74) is 6.21. The van der Waals surface area contributed by atoms with E-state index in [4.69, 9.17) is 0 Å². The van der Waals surface area contributed by atoms with Crippen LogP contribution in [0.25, 0.3) is 0 Å². The van der Waals surface area contributed by atoms with Gasteiger partial charge in [0.1, 0.15) is 0 Å². The first kappa shape index (κ1) is 19.2. The fraction of sp³-hybridized carbons (Fsp3) is 0.391. The smallest absolute Gasteiger partial charge is 0.229 e. The molecule has 0 radical (unpaired) electrons. The van der Waals surface area contributed by atoms with E-state index in [9.17, 15) is 9.59 Å². The van der Waals surface area contributed by atoms with Gasteiger partial charge in [0.25, 0.3) is 0 Å². The van der Waals surface area contributed by atoms with Crippen molar-refractivity contribution in [2.45, 2.75) is 47.0 Å². The predicted octanol–water partition coefficient (Wildman–Crippen LogP) is 4.73. The number of hydrogen-bond donors (Lipinski definition) is 1. The maximum Gasteiger partial charge on any atom is 0.229 e. The quantitative estimate of drug-likeness (QED) is 0.853. The van der Waals surface area contributed by atoms with Gasteiger partial charge in [-0.05, 0) is 49.4 Å². The molecule has 2 amide bonds. The van der Waals surface area contributed by atoms with E-state index >= 15 is 0 Å². The number of anilines is 2. The molecule has 0 aromatic heterocycles. The zero-order valence-electron chi connectivity index (χ0n) is 16.8. The lowest BCUT2D eigenvalue weighted by Crippen LogP contribution is -2.29. The van der Waals surface area contributed by atoms with E-state index in [0.29, 0.717) is 12.5 Å². The van der Waals surface area contributed by atoms with E-state index in [1.807, 2.05) is 51.1 Å². The summed E-state index contributed by atoms with van der Waals surface area (Å²) >= 11 is 0. The molecule has 1 unspecified atom stereocenters. The van der Waals surface area contributed by atoms with Crippen LogP contribution in [0.1, 0.15) is 48.4 Å². The first-order valence-corrected chi connectivity index (χ1v) is 9.56. The van der Waals surface area contributed by atoms with Crippen molar-refractivity contribution >= 4 is 23.2 Å². The molecule has 3 rings (SSSR count). The lowest BCUT2D eigenvalue weighted by molar-refractivity contribution is -0.122. The molecule has 4 nitrogen and oxygen atoms in total. The van der Waals surface area contributed by atoms with Crippen molar-refractivity contribution in [3.63, 3.8) is 0 Å². The molecular formula is C23H28N2O2. The largest absolute Gasteiger partial charge is 0.326 e. The van der Waals surface area contributed by atoms with Crippen molar-refractivity contribution in [1.82, 2.24) is 0 Å². The molecule has 1 saturated heterocycles. The zero-order chi connectivity index (χ0) is 19.7. The summed E-state index contributed by atoms with van der Waals surface area (Å²) in [6, 6.07) is 12.1. The van der Waals surface area contributed by atoms with E-state index in [-0.39, 0.29) is 24.2 Å². The second-order valence-electron chi connectivity index (χ2n) is 7.88. The fourth-order valence-electron chi connectivity index (χ4n) is 3.80. The molecule has 4 heteroatoms. The number of carbonyl (C=O) groups is 2. The first-order chi connectivity index (χ1) is 12.8. The van der Waals surface area contributed by atoms with Crippen LogP contribution in [0.15, 0.2) is 36.4 Å². The second-order valence-corrected chi connectivity index (χ2v) is 7.88. The average Bonchev–Trinajstić information content (AvgIpc) is 2.98. The molecule has 1 aliphatic heterocycles. The molecule has 1 fully saturated rings. The lowest BCUT2D eigenvalue weighted by atomic mass is 9.97. The third-order valence-electron chi connectivity index (χ3n) is 5.30. The van der Waals surface area contributed by atoms with Crippen LogP contribution in [0.4, 0.5) is 11.4 Å². The Morgan fingerprint density at radius 2 is 1.85 bits per heavy atom. The predicted molar refractivity (Wildman–Crippen MR) is 110 cm³/mol. The van der Waals surface area contributed by atoms with Gasteiger partial charge in [-0.2, -0.15) is 0 Å². The van der Waals surface area contributed by atoms with Gasteiger partial charge in [0, 0.05) is 24.3 Å². The van der Waals surface area contributed by atoms with Gasteiger partial charge in [0.2, 0.25) is 11.8 Å². The van der Waals surface area contributed by atoms with Gasteiger partial charge < -0.3 is 10.2 Å². The topological polar surface area (TPSA) is 49.4 Å². The van der Waals surface area contributed by atoms with Crippen molar-refractivity contribution < 1.29 is 9.59 Å². The fourth-order valence-corrected chi connectivity index (χ4v) is 3.80. The third kappa shape index (κ3) is 3.90. The van der Waals surface area contributed by atoms with Crippen LogP contribution < -0.4 is 10.2 Å². The summed E-state index contributed by atoms with van der Waals surface area (Å²) in [5.74, 6) is -0.0851. The molecule has 0 saturated carbocycles. The van der Waals surface area contributed by atoms with Crippen molar-refractivity contribution in [1.29, 1.82) is 0 Å². The summed E-state index contributed by atoms with van der Waals surface area (Å²) in [7, 11) is 0. The highest BCUT2D eigenvalue weighted by Gasteiger charge is 2.36. The molecule has 0 spiro atoms. The van der Waals surface area contributed by atoms with Crippen molar-refractivity contribution in [2.24, 2.45) is 5.92 Å². The Morgan fingerprint density at radius 1 is 1.11 bits per heavy atom. The van der Waals surface area contributed by atoms with Gasteiger partial charge in [-0.25, -0.2) is 0 Å². The minimum Gasteiger partial charge on any atom is -0.326 e. The minimum atomic E-state index is -0.335. The standard InChI is InChI=1S/C23H28N2O2/c1-14(2)19-8-6-7-16(4)22(19)25-13-18(12-21(25)26)23(27)24-20-10-9-15(3)11-17(20)5/h6-11,14,18H,12-13H2,1-5H3,(H,24,27). The van der Waals surface area contributed by atoms with E-state index < -0.39 is 0 Å². The molecule has 1 atom stereocenters. The van der Waals surface area contributed by atoms with Gasteiger partial charge >= 0.3 is 0 Å². The molecule has 1 heterocycles. The van der Waals surface area contributed by atoms with Gasteiger partial charge in [0.05, 0.1) is 5.92 Å². The van der Waals surface area contributed by atoms with Gasteiger partial charge in [-0.3, -0.25) is 9.59 Å². The van der Waals surface area contributed by atoms with Crippen molar-refractivity contribution in [3.8, 4) is 0 Å². The SMILES string of the molecule is Cc1ccc(NC(=O)C2CC(=O)N(c3c(C)cccc3C(C)C)C2)c(C)c1. The highest BCUT2D eigenvalue weighted by atomic mass is 16.2. The number of para-hydroxylation sites is 1. The van der Waals surface area contributed by atoms with Crippen LogP contribution in [0.5, 0.6) is 0 Å². The summed E-state index contributed by atoms with van der Waals surface area (Å²) in [6.07, 6.45) is 0.253. The Balaban J connectivity index is 1.81. The second kappa shape index (κ2) is 7.55. The van der Waals surface area contributed by atoms with Crippen LogP contribution in [-0.4, -0.2) is 18.4 Å². The molecular weight excluding hydrogens is 336 g/mol. The number of nitrogens with zero attached hydrogens (tertiary/aromatic N) is 1. The van der Waals surface area contributed by atoms with E-state index in [1.54, 1.807) is 4.90 Å². The van der Waals surface area contributed by atoms with Gasteiger partial charge in [-0.15, -0.1) is 0 Å². The number of hydrogen-bond acceptors (Lipinski definition) is 2. The number of nitrogens with one attached hydrogen (secondary N) is 1. The van der Waals surface area contributed by atoms with Crippen LogP contribution in [0.2, 0.25) is 0 Å². The van der Waals surface area contributed by atoms with Gasteiger partial charge in [-0.1, -0.05) is 49.7 Å². The van der Waals surface area contributed by atoms with Crippen molar-refractivity contribution in [2.75, 3.05) is 16.8 Å². The molecule has 1 aliphatic rings. The molecule has 1 N–H and O–H groups in total. The highest BCUT2D eigenvalue weighted by molar-refractivity contribution is 6.04. The molecule has 0 aliphatic carbocycles. The third-order valence-corrected chi connectivity index (χ3v) is 5.30. The molecule has 0 bridgehead atoms. The van der Waals surface area contributed by atoms with E-state index in [1.165, 1.54) is 0 Å². The Hall–Kier alpha value is -2.62.